The van der Waals surface area contributed by atoms with E-state index in [0.717, 1.165) is 24.8 Å². The predicted molar refractivity (Wildman–Crippen MR) is 76.6 cm³/mol. The molecule has 0 bridgehead atoms. The second-order valence-corrected chi connectivity index (χ2v) is 5.45. The van der Waals surface area contributed by atoms with Gasteiger partial charge in [-0.1, -0.05) is 24.1 Å². The molecule has 1 saturated carbocycles. The highest BCUT2D eigenvalue weighted by Crippen LogP contribution is 2.25. The topological polar surface area (TPSA) is 61.4 Å². The Hall–Kier alpha value is -1.26. The normalized spacial score (nSPS) is 22.3. The fourth-order valence-corrected chi connectivity index (χ4v) is 2.63. The van der Waals surface area contributed by atoms with Crippen molar-refractivity contribution in [3.8, 4) is 0 Å². The summed E-state index contributed by atoms with van der Waals surface area (Å²) in [4.78, 5) is 11.9. The van der Waals surface area contributed by atoms with Gasteiger partial charge in [-0.15, -0.1) is 0 Å². The van der Waals surface area contributed by atoms with Crippen LogP contribution in [0.1, 0.15) is 24.8 Å². The van der Waals surface area contributed by atoms with Crippen LogP contribution in [-0.2, 0) is 0 Å². The largest absolute Gasteiger partial charge is 0.396 e. The summed E-state index contributed by atoms with van der Waals surface area (Å²) < 4.78 is 0. The van der Waals surface area contributed by atoms with Crippen LogP contribution in [0.25, 0.3) is 0 Å². The number of hydrogen-bond donors (Lipinski definition) is 3. The number of anilines is 1. The maximum Gasteiger partial charge on any atom is 0.319 e. The van der Waals surface area contributed by atoms with Crippen LogP contribution in [0, 0.1) is 12.8 Å². The monoisotopic (exact) mass is 282 g/mol. The van der Waals surface area contributed by atoms with E-state index in [1.807, 2.05) is 19.1 Å². The van der Waals surface area contributed by atoms with Gasteiger partial charge in [0.25, 0.3) is 0 Å². The first-order chi connectivity index (χ1) is 9.10. The van der Waals surface area contributed by atoms with Crippen molar-refractivity contribution in [3.05, 3.63) is 28.8 Å². The van der Waals surface area contributed by atoms with Crippen molar-refractivity contribution in [3.63, 3.8) is 0 Å². The lowest BCUT2D eigenvalue weighted by Gasteiger charge is -2.19. The number of urea groups is 1. The highest BCUT2D eigenvalue weighted by atomic mass is 35.5. The Morgan fingerprint density at radius 3 is 2.95 bits per heavy atom. The second kappa shape index (κ2) is 6.26. The Kier molecular flexibility index (Phi) is 4.66. The van der Waals surface area contributed by atoms with E-state index in [1.54, 1.807) is 6.07 Å². The number of nitrogens with one attached hydrogen (secondary N) is 2. The van der Waals surface area contributed by atoms with Crippen LogP contribution in [0.15, 0.2) is 18.2 Å². The number of hydrogen-bond acceptors (Lipinski definition) is 2. The van der Waals surface area contributed by atoms with Crippen LogP contribution >= 0.6 is 11.6 Å². The molecule has 1 aliphatic carbocycles. The molecule has 0 heterocycles. The minimum Gasteiger partial charge on any atom is -0.396 e. The molecular weight excluding hydrogens is 264 g/mol. The molecule has 5 heteroatoms. The first kappa shape index (κ1) is 14.2. The Morgan fingerprint density at radius 2 is 2.26 bits per heavy atom. The molecule has 0 radical (unpaired) electrons. The lowest BCUT2D eigenvalue weighted by Crippen LogP contribution is -2.41. The maximum absolute atomic E-state index is 11.9. The Balaban J connectivity index is 1.92. The molecule has 1 aromatic rings. The SMILES string of the molecule is Cc1ccc(NC(=O)NC2CCCC2CO)cc1Cl. The van der Waals surface area contributed by atoms with Gasteiger partial charge in [-0.05, 0) is 37.5 Å². The molecule has 104 valence electrons. The van der Waals surface area contributed by atoms with Crippen LogP contribution in [0.5, 0.6) is 0 Å². The third-order valence-electron chi connectivity index (χ3n) is 3.64. The molecule has 2 rings (SSSR count). The lowest BCUT2D eigenvalue weighted by molar-refractivity contribution is 0.203. The van der Waals surface area contributed by atoms with E-state index in [1.165, 1.54) is 0 Å². The standard InChI is InChI=1S/C14H19ClN2O2/c1-9-5-6-11(7-12(9)15)16-14(19)17-13-4-2-3-10(13)8-18/h5-7,10,13,18H,2-4,8H2,1H3,(H2,16,17,19). The second-order valence-electron chi connectivity index (χ2n) is 5.04. The molecule has 0 spiro atoms. The zero-order valence-corrected chi connectivity index (χ0v) is 11.7. The molecule has 1 aromatic carbocycles. The average Bonchev–Trinajstić information content (AvgIpc) is 2.81. The summed E-state index contributed by atoms with van der Waals surface area (Å²) >= 11 is 6.01. The lowest BCUT2D eigenvalue weighted by atomic mass is 10.1. The van der Waals surface area contributed by atoms with Gasteiger partial charge < -0.3 is 15.7 Å². The van der Waals surface area contributed by atoms with E-state index in [9.17, 15) is 9.90 Å². The zero-order chi connectivity index (χ0) is 13.8. The molecule has 2 unspecified atom stereocenters. The van der Waals surface area contributed by atoms with E-state index in [0.29, 0.717) is 10.7 Å². The zero-order valence-electron chi connectivity index (χ0n) is 10.9. The molecule has 4 nitrogen and oxygen atoms in total. The highest BCUT2D eigenvalue weighted by Gasteiger charge is 2.27. The number of amides is 2. The molecule has 0 aromatic heterocycles. The van der Waals surface area contributed by atoms with E-state index in [-0.39, 0.29) is 24.6 Å². The summed E-state index contributed by atoms with van der Waals surface area (Å²) in [6.45, 7) is 2.04. The van der Waals surface area contributed by atoms with E-state index in [2.05, 4.69) is 10.6 Å². The van der Waals surface area contributed by atoms with Crippen LogP contribution in [-0.4, -0.2) is 23.8 Å². The van der Waals surface area contributed by atoms with Crippen molar-refractivity contribution in [2.24, 2.45) is 5.92 Å². The number of rotatable bonds is 3. The van der Waals surface area contributed by atoms with Gasteiger partial charge >= 0.3 is 6.03 Å². The van der Waals surface area contributed by atoms with Crippen molar-refractivity contribution in [2.75, 3.05) is 11.9 Å². The van der Waals surface area contributed by atoms with Crippen LogP contribution in [0.3, 0.4) is 0 Å². The van der Waals surface area contributed by atoms with Gasteiger partial charge in [0.15, 0.2) is 0 Å². The predicted octanol–water partition coefficient (Wildman–Crippen LogP) is 2.93. The Bertz CT molecular complexity index is 465. The third-order valence-corrected chi connectivity index (χ3v) is 4.05. The number of aliphatic hydroxyl groups is 1. The van der Waals surface area contributed by atoms with E-state index >= 15 is 0 Å². The summed E-state index contributed by atoms with van der Waals surface area (Å²) in [7, 11) is 0. The third kappa shape index (κ3) is 3.61. The van der Waals surface area contributed by atoms with E-state index in [4.69, 9.17) is 11.6 Å². The summed E-state index contributed by atoms with van der Waals surface area (Å²) in [6, 6.07) is 5.23. The molecular formula is C14H19ClN2O2. The van der Waals surface area contributed by atoms with Crippen molar-refractivity contribution < 1.29 is 9.90 Å². The van der Waals surface area contributed by atoms with Crippen molar-refractivity contribution in [2.45, 2.75) is 32.2 Å². The van der Waals surface area contributed by atoms with Gasteiger partial charge in [-0.3, -0.25) is 0 Å². The van der Waals surface area contributed by atoms with Crippen LogP contribution < -0.4 is 10.6 Å². The number of aliphatic hydroxyl groups excluding tert-OH is 1. The molecule has 19 heavy (non-hydrogen) atoms. The first-order valence-corrected chi connectivity index (χ1v) is 6.92. The molecule has 0 aliphatic heterocycles. The molecule has 1 fully saturated rings. The van der Waals surface area contributed by atoms with Gasteiger partial charge in [0.2, 0.25) is 0 Å². The molecule has 0 saturated heterocycles. The Morgan fingerprint density at radius 1 is 1.47 bits per heavy atom. The fourth-order valence-electron chi connectivity index (χ4n) is 2.45. The average molecular weight is 283 g/mol. The molecule has 3 N–H and O–H groups in total. The van der Waals surface area contributed by atoms with Gasteiger partial charge in [-0.25, -0.2) is 4.79 Å². The first-order valence-electron chi connectivity index (χ1n) is 6.54. The van der Waals surface area contributed by atoms with Crippen LogP contribution in [0.4, 0.5) is 10.5 Å². The number of aryl methyl sites for hydroxylation is 1. The quantitative estimate of drug-likeness (QED) is 0.798. The minimum absolute atomic E-state index is 0.0610. The van der Waals surface area contributed by atoms with Gasteiger partial charge in [0.1, 0.15) is 0 Å². The number of halogens is 1. The van der Waals surface area contributed by atoms with Gasteiger partial charge in [0, 0.05) is 29.3 Å². The highest BCUT2D eigenvalue weighted by molar-refractivity contribution is 6.31. The summed E-state index contributed by atoms with van der Waals surface area (Å²) in [5.41, 5.74) is 1.65. The van der Waals surface area contributed by atoms with Crippen molar-refractivity contribution in [1.82, 2.24) is 5.32 Å². The van der Waals surface area contributed by atoms with Crippen molar-refractivity contribution >= 4 is 23.3 Å². The molecule has 2 amide bonds. The van der Waals surface area contributed by atoms with Crippen LogP contribution in [0.2, 0.25) is 5.02 Å². The smallest absolute Gasteiger partial charge is 0.319 e. The number of carbonyl (C=O) groups excluding carboxylic acids is 1. The number of benzene rings is 1. The van der Waals surface area contributed by atoms with Gasteiger partial charge in [-0.2, -0.15) is 0 Å². The number of carbonyl (C=O) groups is 1. The van der Waals surface area contributed by atoms with Gasteiger partial charge in [0.05, 0.1) is 0 Å². The summed E-state index contributed by atoms with van der Waals surface area (Å²) in [5.74, 6) is 0.173. The Labute approximate surface area is 118 Å². The van der Waals surface area contributed by atoms with Crippen molar-refractivity contribution in [1.29, 1.82) is 0 Å². The maximum atomic E-state index is 11.9. The molecule has 1 aliphatic rings. The summed E-state index contributed by atoms with van der Waals surface area (Å²) in [5, 5.41) is 15.5. The summed E-state index contributed by atoms with van der Waals surface area (Å²) in [6.07, 6.45) is 2.94. The van der Waals surface area contributed by atoms with E-state index < -0.39 is 0 Å². The fraction of sp³-hybridized carbons (Fsp3) is 0.500. The minimum atomic E-state index is -0.245. The molecule has 2 atom stereocenters.